The zero-order valence-electron chi connectivity index (χ0n) is 16.9. The average molecular weight is 400 g/mol. The molecule has 1 aliphatic heterocycles. The molecule has 6 nitrogen and oxygen atoms in total. The van der Waals surface area contributed by atoms with E-state index in [2.05, 4.69) is 0 Å². The molecule has 1 aliphatic rings. The monoisotopic (exact) mass is 400 g/mol. The fourth-order valence-corrected chi connectivity index (χ4v) is 3.37. The Balaban J connectivity index is 1.70. The van der Waals surface area contributed by atoms with Crippen LogP contribution in [0.25, 0.3) is 0 Å². The fraction of sp³-hybridized carbons (Fsp3) is 0.435. The maximum absolute atomic E-state index is 11.7. The van der Waals surface area contributed by atoms with Crippen LogP contribution in [0.1, 0.15) is 24.0 Å². The zero-order valence-corrected chi connectivity index (χ0v) is 16.9. The Morgan fingerprint density at radius 1 is 0.931 bits per heavy atom. The van der Waals surface area contributed by atoms with Gasteiger partial charge in [-0.2, -0.15) is 0 Å². The van der Waals surface area contributed by atoms with Crippen LogP contribution in [-0.2, 0) is 41.7 Å². The minimum Gasteiger partial charge on any atom is -0.469 e. The summed E-state index contributed by atoms with van der Waals surface area (Å²) in [6.07, 6.45) is -1.04. The van der Waals surface area contributed by atoms with Crippen LogP contribution in [-0.4, -0.2) is 44.8 Å². The molecule has 0 aliphatic carbocycles. The Kier molecular flexibility index (Phi) is 8.19. The maximum Gasteiger partial charge on any atom is 0.308 e. The summed E-state index contributed by atoms with van der Waals surface area (Å²) in [5, 5.41) is 0. The van der Waals surface area contributed by atoms with E-state index in [9.17, 15) is 4.79 Å². The van der Waals surface area contributed by atoms with Crippen LogP contribution < -0.4 is 0 Å². The molecule has 0 bridgehead atoms. The van der Waals surface area contributed by atoms with Crippen LogP contribution in [0.4, 0.5) is 0 Å². The lowest BCUT2D eigenvalue weighted by atomic mass is 9.99. The highest BCUT2D eigenvalue weighted by molar-refractivity contribution is 5.69. The SMILES string of the molecule is COC(=O)C[C@@H]1C[C@H](OCc2ccccc2)[C@@H](OCc2ccccc2)[C@@H](OC)O1. The molecule has 1 heterocycles. The Labute approximate surface area is 171 Å². The number of hydrogen-bond acceptors (Lipinski definition) is 6. The molecule has 29 heavy (non-hydrogen) atoms. The zero-order chi connectivity index (χ0) is 20.5. The van der Waals surface area contributed by atoms with Crippen LogP contribution in [0, 0.1) is 0 Å². The quantitative estimate of drug-likeness (QED) is 0.601. The van der Waals surface area contributed by atoms with E-state index in [1.165, 1.54) is 7.11 Å². The second-order valence-electron chi connectivity index (χ2n) is 6.97. The van der Waals surface area contributed by atoms with Crippen molar-refractivity contribution >= 4 is 5.97 Å². The first kappa shape index (κ1) is 21.5. The normalized spacial score (nSPS) is 24.2. The number of methoxy groups -OCH3 is 2. The lowest BCUT2D eigenvalue weighted by Crippen LogP contribution is -2.51. The van der Waals surface area contributed by atoms with Gasteiger partial charge in [0.05, 0.1) is 39.0 Å². The van der Waals surface area contributed by atoms with Gasteiger partial charge in [0.15, 0.2) is 6.29 Å². The van der Waals surface area contributed by atoms with E-state index in [-0.39, 0.29) is 24.6 Å². The van der Waals surface area contributed by atoms with E-state index < -0.39 is 12.4 Å². The van der Waals surface area contributed by atoms with Gasteiger partial charge in [-0.05, 0) is 11.1 Å². The van der Waals surface area contributed by atoms with Crippen molar-refractivity contribution in [1.82, 2.24) is 0 Å². The molecule has 4 atom stereocenters. The number of benzene rings is 2. The molecule has 0 saturated carbocycles. The fourth-order valence-electron chi connectivity index (χ4n) is 3.37. The van der Waals surface area contributed by atoms with Gasteiger partial charge in [0.1, 0.15) is 6.10 Å². The molecule has 6 heteroatoms. The molecular formula is C23H28O6. The van der Waals surface area contributed by atoms with E-state index >= 15 is 0 Å². The molecule has 3 rings (SSSR count). The van der Waals surface area contributed by atoms with Gasteiger partial charge in [-0.25, -0.2) is 0 Å². The molecule has 0 spiro atoms. The summed E-state index contributed by atoms with van der Waals surface area (Å²) >= 11 is 0. The Hall–Kier alpha value is -2.25. The molecule has 0 aromatic heterocycles. The van der Waals surface area contributed by atoms with E-state index in [0.717, 1.165) is 11.1 Å². The number of esters is 1. The minimum atomic E-state index is -0.636. The minimum absolute atomic E-state index is 0.146. The molecule has 2 aromatic rings. The van der Waals surface area contributed by atoms with Crippen molar-refractivity contribution in [3.8, 4) is 0 Å². The topological polar surface area (TPSA) is 63.2 Å². The predicted octanol–water partition coefficient (Wildman–Crippen LogP) is 3.48. The largest absolute Gasteiger partial charge is 0.469 e. The van der Waals surface area contributed by atoms with Gasteiger partial charge >= 0.3 is 5.97 Å². The number of rotatable bonds is 9. The number of ether oxygens (including phenoxy) is 5. The number of hydrogen-bond donors (Lipinski definition) is 0. The average Bonchev–Trinajstić information content (AvgIpc) is 2.77. The van der Waals surface area contributed by atoms with Crippen LogP contribution in [0.15, 0.2) is 60.7 Å². The van der Waals surface area contributed by atoms with Crippen molar-refractivity contribution in [1.29, 1.82) is 0 Å². The predicted molar refractivity (Wildman–Crippen MR) is 107 cm³/mol. The first-order valence-corrected chi connectivity index (χ1v) is 9.75. The standard InChI is InChI=1S/C23H28O6/c1-25-21(24)14-19-13-20(27-15-17-9-5-3-6-10-17)22(23(26-2)29-19)28-16-18-11-7-4-8-12-18/h3-12,19-20,22-23H,13-16H2,1-2H3/t19-,20-,22+,23-/m0/s1. The van der Waals surface area contributed by atoms with Gasteiger partial charge in [0, 0.05) is 13.5 Å². The third-order valence-corrected chi connectivity index (χ3v) is 4.90. The summed E-state index contributed by atoms with van der Waals surface area (Å²) in [7, 11) is 2.94. The van der Waals surface area contributed by atoms with Gasteiger partial charge in [0.25, 0.3) is 0 Å². The van der Waals surface area contributed by atoms with Crippen LogP contribution in [0.2, 0.25) is 0 Å². The van der Waals surface area contributed by atoms with E-state index in [1.54, 1.807) is 7.11 Å². The number of carbonyl (C=O) groups is 1. The molecule has 2 aromatic carbocycles. The Morgan fingerprint density at radius 2 is 1.52 bits per heavy atom. The second kappa shape index (κ2) is 11.1. The van der Waals surface area contributed by atoms with E-state index in [4.69, 9.17) is 23.7 Å². The Bertz CT molecular complexity index is 736. The van der Waals surface area contributed by atoms with Gasteiger partial charge in [-0.15, -0.1) is 0 Å². The highest BCUT2D eigenvalue weighted by Crippen LogP contribution is 2.29. The van der Waals surface area contributed by atoms with Crippen molar-refractivity contribution < 1.29 is 28.5 Å². The molecule has 0 N–H and O–H groups in total. The van der Waals surface area contributed by atoms with Gasteiger partial charge in [-0.3, -0.25) is 4.79 Å². The second-order valence-corrected chi connectivity index (χ2v) is 6.97. The van der Waals surface area contributed by atoms with Gasteiger partial charge in [0.2, 0.25) is 0 Å². The molecular weight excluding hydrogens is 372 g/mol. The van der Waals surface area contributed by atoms with Crippen molar-refractivity contribution in [2.45, 2.75) is 50.7 Å². The number of carbonyl (C=O) groups excluding carboxylic acids is 1. The molecule has 0 amide bonds. The summed E-state index contributed by atoms with van der Waals surface area (Å²) in [4.78, 5) is 11.7. The third kappa shape index (κ3) is 6.37. The summed E-state index contributed by atoms with van der Waals surface area (Å²) < 4.78 is 28.7. The molecule has 0 unspecified atom stereocenters. The van der Waals surface area contributed by atoms with Gasteiger partial charge in [-0.1, -0.05) is 60.7 Å². The van der Waals surface area contributed by atoms with Crippen molar-refractivity contribution in [2.75, 3.05) is 14.2 Å². The van der Waals surface area contributed by atoms with Crippen LogP contribution >= 0.6 is 0 Å². The molecule has 0 radical (unpaired) electrons. The maximum atomic E-state index is 11.7. The van der Waals surface area contributed by atoms with Gasteiger partial charge < -0.3 is 23.7 Å². The highest BCUT2D eigenvalue weighted by Gasteiger charge is 2.41. The molecule has 1 saturated heterocycles. The first-order valence-electron chi connectivity index (χ1n) is 9.75. The molecule has 156 valence electrons. The highest BCUT2D eigenvalue weighted by atomic mass is 16.7. The summed E-state index contributed by atoms with van der Waals surface area (Å²) in [6, 6.07) is 19.9. The molecule has 1 fully saturated rings. The van der Waals surface area contributed by atoms with E-state index in [1.807, 2.05) is 60.7 Å². The smallest absolute Gasteiger partial charge is 0.308 e. The van der Waals surface area contributed by atoms with E-state index in [0.29, 0.717) is 19.6 Å². The van der Waals surface area contributed by atoms with Crippen LogP contribution in [0.5, 0.6) is 0 Å². The first-order chi connectivity index (χ1) is 14.2. The van der Waals surface area contributed by atoms with Crippen molar-refractivity contribution in [2.24, 2.45) is 0 Å². The van der Waals surface area contributed by atoms with Crippen LogP contribution in [0.3, 0.4) is 0 Å². The Morgan fingerprint density at radius 3 is 2.07 bits per heavy atom. The summed E-state index contributed by atoms with van der Waals surface area (Å²) in [6.45, 7) is 0.861. The third-order valence-electron chi connectivity index (χ3n) is 4.90. The summed E-state index contributed by atoms with van der Waals surface area (Å²) in [5.41, 5.74) is 2.13. The summed E-state index contributed by atoms with van der Waals surface area (Å²) in [5.74, 6) is -0.324. The lowest BCUT2D eigenvalue weighted by Gasteiger charge is -2.40. The lowest BCUT2D eigenvalue weighted by molar-refractivity contribution is -0.280. The van der Waals surface area contributed by atoms with Crippen molar-refractivity contribution in [3.63, 3.8) is 0 Å². The van der Waals surface area contributed by atoms with Crippen molar-refractivity contribution in [3.05, 3.63) is 71.8 Å².